The maximum absolute atomic E-state index is 11.0. The van der Waals surface area contributed by atoms with E-state index in [0.29, 0.717) is 23.8 Å². The van der Waals surface area contributed by atoms with Crippen molar-refractivity contribution < 1.29 is 13.2 Å². The Labute approximate surface area is 145 Å². The van der Waals surface area contributed by atoms with Crippen LogP contribution in [0.5, 0.6) is 0 Å². The summed E-state index contributed by atoms with van der Waals surface area (Å²) in [6.45, 7) is 0. The highest BCUT2D eigenvalue weighted by atomic mass is 35.7. The molecule has 6 heteroatoms. The second-order valence-electron chi connectivity index (χ2n) is 6.20. The molecule has 0 radical (unpaired) electrons. The van der Waals surface area contributed by atoms with Gasteiger partial charge < -0.3 is 5.32 Å². The lowest BCUT2D eigenvalue weighted by atomic mass is 9.82. The van der Waals surface area contributed by atoms with Crippen molar-refractivity contribution in [3.8, 4) is 0 Å². The van der Waals surface area contributed by atoms with Crippen molar-refractivity contribution in [2.45, 2.75) is 26.3 Å². The molecule has 1 saturated heterocycles. The van der Waals surface area contributed by atoms with Crippen LogP contribution in [0.25, 0.3) is 0 Å². The molecular formula is C17H24ClNO3S. The second-order valence-corrected chi connectivity index (χ2v) is 7.68. The Hall–Kier alpha value is -0.910. The van der Waals surface area contributed by atoms with Crippen LogP contribution < -0.4 is 5.32 Å². The van der Waals surface area contributed by atoms with Gasteiger partial charge in [-0.15, -0.1) is 0 Å². The molecule has 1 N–H and O–H groups in total. The normalized spacial score (nSPS) is 40.0. The molecular weight excluding hydrogens is 334 g/mol. The number of rotatable bonds is 1. The quantitative estimate of drug-likeness (QED) is 0.445. The number of β-lactam (4-membered cyclic amide) rings is 1. The predicted octanol–water partition coefficient (Wildman–Crippen LogP) is 3.14. The topological polar surface area (TPSA) is 55.4 Å². The minimum atomic E-state index is -1.60. The fourth-order valence-electron chi connectivity index (χ4n) is 3.87. The van der Waals surface area contributed by atoms with E-state index in [1.54, 1.807) is 0 Å². The van der Waals surface area contributed by atoms with Gasteiger partial charge in [0.15, 0.2) is 0 Å². The lowest BCUT2D eigenvalue weighted by Gasteiger charge is -2.37. The van der Waals surface area contributed by atoms with Crippen molar-refractivity contribution in [3.05, 3.63) is 36.5 Å². The zero-order valence-corrected chi connectivity index (χ0v) is 13.9. The average Bonchev–Trinajstić information content (AvgIpc) is 3.26. The molecule has 1 unspecified atom stereocenters. The van der Waals surface area contributed by atoms with E-state index in [0.717, 1.165) is 11.8 Å². The maximum Gasteiger partial charge on any atom is 0.255 e. The SMILES string of the molecule is C.C1=CC2C=CC1C2.COS(=O)Cl.O=C1N[C@@H]2[C@H]1[C@@H]1C=C[C@H]2C1. The molecule has 1 saturated carbocycles. The molecule has 4 aliphatic carbocycles. The zero-order chi connectivity index (χ0) is 15.7. The molecule has 4 nitrogen and oxygen atoms in total. The number of carbonyl (C=O) groups excluding carboxylic acids is 1. The summed E-state index contributed by atoms with van der Waals surface area (Å²) >= 11 is 0. The third-order valence-electron chi connectivity index (χ3n) is 4.96. The van der Waals surface area contributed by atoms with Gasteiger partial charge >= 0.3 is 0 Å². The van der Waals surface area contributed by atoms with Crippen LogP contribution in [0, 0.1) is 29.6 Å². The van der Waals surface area contributed by atoms with Crippen molar-refractivity contribution >= 4 is 26.9 Å². The first-order valence-corrected chi connectivity index (χ1v) is 9.46. The largest absolute Gasteiger partial charge is 0.352 e. The van der Waals surface area contributed by atoms with E-state index in [4.69, 9.17) is 10.7 Å². The number of allylic oxidation sites excluding steroid dienone is 5. The zero-order valence-electron chi connectivity index (χ0n) is 12.4. The van der Waals surface area contributed by atoms with Crippen molar-refractivity contribution in [1.29, 1.82) is 0 Å². The molecule has 128 valence electrons. The van der Waals surface area contributed by atoms with Crippen LogP contribution in [0.1, 0.15) is 20.3 Å². The summed E-state index contributed by atoms with van der Waals surface area (Å²) < 4.78 is 13.5. The van der Waals surface area contributed by atoms with Gasteiger partial charge in [-0.1, -0.05) is 43.9 Å². The van der Waals surface area contributed by atoms with Crippen LogP contribution in [0.2, 0.25) is 0 Å². The molecule has 0 spiro atoms. The lowest BCUT2D eigenvalue weighted by molar-refractivity contribution is -0.135. The van der Waals surface area contributed by atoms with Crippen molar-refractivity contribution in [3.63, 3.8) is 0 Å². The molecule has 4 bridgehead atoms. The van der Waals surface area contributed by atoms with Gasteiger partial charge in [0.1, 0.15) is 0 Å². The molecule has 1 amide bonds. The Morgan fingerprint density at radius 1 is 1.09 bits per heavy atom. The summed E-state index contributed by atoms with van der Waals surface area (Å²) in [6, 6.07) is 0.516. The monoisotopic (exact) mass is 357 g/mol. The van der Waals surface area contributed by atoms with Gasteiger partial charge in [-0.25, -0.2) is 4.21 Å². The molecule has 2 fully saturated rings. The van der Waals surface area contributed by atoms with E-state index in [2.05, 4.69) is 46.0 Å². The van der Waals surface area contributed by atoms with Crippen molar-refractivity contribution in [2.24, 2.45) is 29.6 Å². The van der Waals surface area contributed by atoms with Gasteiger partial charge in [-0.2, -0.15) is 0 Å². The van der Waals surface area contributed by atoms with E-state index in [9.17, 15) is 9.00 Å². The standard InChI is InChI=1S/C8H9NO.C7H8.CH3ClO2S.CH4/c10-8-6-4-1-2-5(3-4)7(6)9-8;1-2-7-4-3-6(1)5-7;1-4-5(2)3;/h1-2,4-7H,3H2,(H,9,10);1-4,6-7H,5H2;1H3;1H4/t4-,5+,6-,7+;;;/m1.../s1. The van der Waals surface area contributed by atoms with Gasteiger partial charge in [0.05, 0.1) is 13.0 Å². The molecule has 5 aliphatic rings. The van der Waals surface area contributed by atoms with Crippen LogP contribution in [0.15, 0.2) is 36.5 Å². The molecule has 5 atom stereocenters. The summed E-state index contributed by atoms with van der Waals surface area (Å²) in [5.74, 6) is 3.52. The number of halogens is 1. The summed E-state index contributed by atoms with van der Waals surface area (Å²) in [5, 5.41) is 2.95. The fourth-order valence-corrected chi connectivity index (χ4v) is 3.87. The molecule has 0 aromatic rings. The van der Waals surface area contributed by atoms with Crippen LogP contribution in [-0.2, 0) is 19.3 Å². The highest BCUT2D eigenvalue weighted by molar-refractivity contribution is 8.04. The Bertz CT molecular complexity index is 532. The highest BCUT2D eigenvalue weighted by Crippen LogP contribution is 2.47. The lowest BCUT2D eigenvalue weighted by Crippen LogP contribution is -2.59. The van der Waals surface area contributed by atoms with Crippen LogP contribution in [0.3, 0.4) is 0 Å². The summed E-state index contributed by atoms with van der Waals surface area (Å²) in [6.07, 6.45) is 16.2. The Morgan fingerprint density at radius 3 is 1.91 bits per heavy atom. The van der Waals surface area contributed by atoms with Crippen LogP contribution in [0.4, 0.5) is 0 Å². The molecule has 1 aliphatic heterocycles. The van der Waals surface area contributed by atoms with E-state index in [1.165, 1.54) is 20.0 Å². The average molecular weight is 358 g/mol. The number of hydrogen-bond donors (Lipinski definition) is 1. The molecule has 0 aromatic carbocycles. The molecule has 5 rings (SSSR count). The number of carbonyl (C=O) groups is 1. The minimum Gasteiger partial charge on any atom is -0.352 e. The third-order valence-corrected chi connectivity index (χ3v) is 5.60. The van der Waals surface area contributed by atoms with Gasteiger partial charge in [-0.3, -0.25) is 8.98 Å². The smallest absolute Gasteiger partial charge is 0.255 e. The number of hydrogen-bond acceptors (Lipinski definition) is 3. The Morgan fingerprint density at radius 2 is 1.61 bits per heavy atom. The summed E-state index contributed by atoms with van der Waals surface area (Å²) in [4.78, 5) is 11.0. The van der Waals surface area contributed by atoms with Crippen LogP contribution in [-0.4, -0.2) is 23.3 Å². The van der Waals surface area contributed by atoms with Crippen molar-refractivity contribution in [2.75, 3.05) is 7.11 Å². The number of fused-ring (bicyclic) bond motifs is 7. The summed E-state index contributed by atoms with van der Waals surface area (Å²) in [5.41, 5.74) is 0. The number of amides is 1. The minimum absolute atomic E-state index is 0. The van der Waals surface area contributed by atoms with Gasteiger partial charge in [0.25, 0.3) is 10.3 Å². The number of nitrogens with one attached hydrogen (secondary N) is 1. The second kappa shape index (κ2) is 7.77. The predicted molar refractivity (Wildman–Crippen MR) is 93.8 cm³/mol. The highest BCUT2D eigenvalue weighted by Gasteiger charge is 2.54. The van der Waals surface area contributed by atoms with E-state index in [1.807, 2.05) is 0 Å². The Balaban J connectivity index is 0.000000132. The van der Waals surface area contributed by atoms with E-state index >= 15 is 0 Å². The summed E-state index contributed by atoms with van der Waals surface area (Å²) in [7, 11) is 4.38. The van der Waals surface area contributed by atoms with Gasteiger partial charge in [0, 0.05) is 16.7 Å². The molecule has 1 heterocycles. The van der Waals surface area contributed by atoms with E-state index in [-0.39, 0.29) is 13.3 Å². The fraction of sp³-hybridized carbons (Fsp3) is 0.588. The van der Waals surface area contributed by atoms with Crippen LogP contribution >= 0.6 is 10.7 Å². The van der Waals surface area contributed by atoms with E-state index < -0.39 is 10.3 Å². The maximum atomic E-state index is 11.0. The first kappa shape index (κ1) is 18.4. The van der Waals surface area contributed by atoms with Gasteiger partial charge in [0.2, 0.25) is 5.91 Å². The van der Waals surface area contributed by atoms with Crippen molar-refractivity contribution in [1.82, 2.24) is 5.32 Å². The van der Waals surface area contributed by atoms with Gasteiger partial charge in [-0.05, 0) is 36.5 Å². The molecule has 0 aromatic heterocycles. The molecule has 23 heavy (non-hydrogen) atoms. The third kappa shape index (κ3) is 3.95. The first-order chi connectivity index (χ1) is 10.6. The Kier molecular flexibility index (Phi) is 6.23. The first-order valence-electron chi connectivity index (χ1n) is 7.56.